The Labute approximate surface area is 224 Å². The lowest BCUT2D eigenvalue weighted by atomic mass is 10.1. The molecular formula is C27H27F2N5O4S. The van der Waals surface area contributed by atoms with Crippen molar-refractivity contribution in [3.05, 3.63) is 71.8 Å². The van der Waals surface area contributed by atoms with Crippen LogP contribution < -0.4 is 15.5 Å². The number of aromatic amines is 1. The molecule has 5 rings (SSSR count). The van der Waals surface area contributed by atoms with Gasteiger partial charge in [0.25, 0.3) is 5.91 Å². The van der Waals surface area contributed by atoms with E-state index in [1.54, 1.807) is 6.07 Å². The number of hydrogen-bond acceptors (Lipinski definition) is 7. The number of fused-ring (bicyclic) bond motifs is 1. The molecule has 3 N–H and O–H groups in total. The van der Waals surface area contributed by atoms with Crippen molar-refractivity contribution in [2.45, 2.75) is 28.7 Å². The van der Waals surface area contributed by atoms with Crippen molar-refractivity contribution >= 4 is 43.8 Å². The molecule has 1 aromatic heterocycles. The monoisotopic (exact) mass is 555 g/mol. The van der Waals surface area contributed by atoms with Crippen molar-refractivity contribution in [3.8, 4) is 0 Å². The summed E-state index contributed by atoms with van der Waals surface area (Å²) in [5.41, 5.74) is 2.43. The van der Waals surface area contributed by atoms with Crippen LogP contribution in [-0.2, 0) is 14.6 Å². The van der Waals surface area contributed by atoms with Crippen LogP contribution in [0.4, 0.5) is 26.0 Å². The molecule has 0 radical (unpaired) electrons. The third-order valence-corrected chi connectivity index (χ3v) is 8.30. The average molecular weight is 556 g/mol. The largest absolute Gasteiger partial charge is 0.381 e. The van der Waals surface area contributed by atoms with E-state index in [9.17, 15) is 22.0 Å². The lowest BCUT2D eigenvalue weighted by Gasteiger charge is -2.26. The molecule has 12 heteroatoms. The number of carbonyl (C=O) groups is 1. The van der Waals surface area contributed by atoms with Gasteiger partial charge < -0.3 is 20.3 Å². The highest BCUT2D eigenvalue weighted by atomic mass is 32.2. The fourth-order valence-electron chi connectivity index (χ4n) is 4.44. The van der Waals surface area contributed by atoms with Gasteiger partial charge in [-0.3, -0.25) is 9.89 Å². The molecule has 0 unspecified atom stereocenters. The molecule has 1 aliphatic rings. The first kappa shape index (κ1) is 26.6. The van der Waals surface area contributed by atoms with Gasteiger partial charge in [-0.25, -0.2) is 17.2 Å². The number of hydrogen-bond donors (Lipinski definition) is 3. The number of benzene rings is 3. The molecule has 0 aliphatic carbocycles. The van der Waals surface area contributed by atoms with Crippen LogP contribution in [0.2, 0.25) is 0 Å². The minimum atomic E-state index is -4.25. The maximum atomic E-state index is 13.7. The van der Waals surface area contributed by atoms with E-state index in [1.807, 2.05) is 31.1 Å². The molecule has 0 atom stereocenters. The predicted molar refractivity (Wildman–Crippen MR) is 144 cm³/mol. The molecule has 0 bridgehead atoms. The quantitative estimate of drug-likeness (QED) is 0.306. The van der Waals surface area contributed by atoms with Crippen LogP contribution in [0.3, 0.4) is 0 Å². The van der Waals surface area contributed by atoms with Crippen LogP contribution in [-0.4, -0.2) is 57.9 Å². The van der Waals surface area contributed by atoms with E-state index in [0.717, 1.165) is 30.7 Å². The number of carbonyl (C=O) groups excluding carboxylic acids is 1. The van der Waals surface area contributed by atoms with E-state index < -0.39 is 32.3 Å². The molecule has 0 saturated carbocycles. The Morgan fingerprint density at radius 1 is 1.00 bits per heavy atom. The molecule has 1 amide bonds. The third-order valence-electron chi connectivity index (χ3n) is 6.57. The molecule has 9 nitrogen and oxygen atoms in total. The Morgan fingerprint density at radius 2 is 1.72 bits per heavy atom. The van der Waals surface area contributed by atoms with Crippen molar-refractivity contribution in [1.29, 1.82) is 0 Å². The molecule has 2 heterocycles. The Bertz CT molecular complexity index is 1630. The summed E-state index contributed by atoms with van der Waals surface area (Å²) in [6, 6.07) is 11.8. The molecule has 39 heavy (non-hydrogen) atoms. The lowest BCUT2D eigenvalue weighted by Crippen LogP contribution is -2.29. The summed E-state index contributed by atoms with van der Waals surface area (Å²) in [6.07, 6.45) is 1.62. The fraction of sp³-hybridized carbons (Fsp3) is 0.259. The number of aromatic nitrogens is 2. The predicted octanol–water partition coefficient (Wildman–Crippen LogP) is 4.58. The molecule has 1 aliphatic heterocycles. The maximum Gasteiger partial charge on any atom is 0.258 e. The highest BCUT2D eigenvalue weighted by Gasteiger charge is 2.23. The second-order valence-electron chi connectivity index (χ2n) is 9.50. The van der Waals surface area contributed by atoms with Crippen LogP contribution in [0.25, 0.3) is 10.9 Å². The second kappa shape index (κ2) is 10.6. The number of H-pyrrole nitrogens is 1. The average Bonchev–Trinajstić information content (AvgIpc) is 3.30. The van der Waals surface area contributed by atoms with Gasteiger partial charge in [0.15, 0.2) is 5.82 Å². The number of halogens is 2. The normalized spacial score (nSPS) is 14.4. The van der Waals surface area contributed by atoms with Gasteiger partial charge in [-0.2, -0.15) is 5.10 Å². The zero-order valence-corrected chi connectivity index (χ0v) is 22.1. The highest BCUT2D eigenvalue weighted by molar-refractivity contribution is 7.91. The lowest BCUT2D eigenvalue weighted by molar-refractivity contribution is 0.0904. The number of rotatable bonds is 7. The van der Waals surface area contributed by atoms with E-state index in [2.05, 4.69) is 20.8 Å². The van der Waals surface area contributed by atoms with Gasteiger partial charge in [-0.1, -0.05) is 0 Å². The van der Waals surface area contributed by atoms with Gasteiger partial charge in [-0.15, -0.1) is 0 Å². The molecule has 0 spiro atoms. The number of sulfone groups is 1. The van der Waals surface area contributed by atoms with E-state index in [0.29, 0.717) is 41.4 Å². The van der Waals surface area contributed by atoms with Crippen LogP contribution in [0.5, 0.6) is 0 Å². The Morgan fingerprint density at radius 3 is 2.41 bits per heavy atom. The number of ether oxygens (including phenoxy) is 1. The van der Waals surface area contributed by atoms with E-state index >= 15 is 0 Å². The summed E-state index contributed by atoms with van der Waals surface area (Å²) in [6.45, 7) is 1.28. The molecule has 1 saturated heterocycles. The minimum Gasteiger partial charge on any atom is -0.381 e. The molecule has 3 aromatic carbocycles. The summed E-state index contributed by atoms with van der Waals surface area (Å²) in [5.74, 6) is -2.33. The standard InChI is InChI=1S/C27H27F2N5O4S/c1-34(2)19-3-5-22(25(14-19)30-18-7-9-38-10-8-18)27(35)31-26-23-15-20(4-6-24(23)32-33-26)39(36,37)21-12-16(28)11-17(29)13-21/h3-6,11-15,18,30H,7-10H2,1-2H3,(H2,31,32,33,35). The molecule has 4 aromatic rings. The van der Waals surface area contributed by atoms with E-state index in [-0.39, 0.29) is 16.8 Å². The number of amides is 1. The van der Waals surface area contributed by atoms with Gasteiger partial charge >= 0.3 is 0 Å². The van der Waals surface area contributed by atoms with Crippen molar-refractivity contribution < 1.29 is 26.7 Å². The van der Waals surface area contributed by atoms with Crippen molar-refractivity contribution in [1.82, 2.24) is 10.2 Å². The summed E-state index contributed by atoms with van der Waals surface area (Å²) < 4.78 is 59.1. The fourth-order valence-corrected chi connectivity index (χ4v) is 5.77. The Hall–Kier alpha value is -4.03. The molecule has 1 fully saturated rings. The summed E-state index contributed by atoms with van der Waals surface area (Å²) in [4.78, 5) is 14.7. The first-order valence-corrected chi connectivity index (χ1v) is 13.8. The van der Waals surface area contributed by atoms with Gasteiger partial charge in [0.2, 0.25) is 9.84 Å². The van der Waals surface area contributed by atoms with Crippen molar-refractivity contribution in [2.24, 2.45) is 0 Å². The molecular weight excluding hydrogens is 528 g/mol. The van der Waals surface area contributed by atoms with Crippen LogP contribution in [0, 0.1) is 11.6 Å². The highest BCUT2D eigenvalue weighted by Crippen LogP contribution is 2.30. The molecule has 204 valence electrons. The van der Waals surface area contributed by atoms with Crippen LogP contribution in [0.1, 0.15) is 23.2 Å². The minimum absolute atomic E-state index is 0.117. The van der Waals surface area contributed by atoms with Gasteiger partial charge in [0.1, 0.15) is 11.6 Å². The van der Waals surface area contributed by atoms with Gasteiger partial charge in [0, 0.05) is 56.2 Å². The number of nitrogens with one attached hydrogen (secondary N) is 3. The van der Waals surface area contributed by atoms with Crippen LogP contribution >= 0.6 is 0 Å². The topological polar surface area (TPSA) is 116 Å². The van der Waals surface area contributed by atoms with Crippen molar-refractivity contribution in [2.75, 3.05) is 42.8 Å². The Balaban J connectivity index is 1.47. The van der Waals surface area contributed by atoms with E-state index in [1.165, 1.54) is 18.2 Å². The second-order valence-corrected chi connectivity index (χ2v) is 11.4. The zero-order valence-electron chi connectivity index (χ0n) is 21.3. The van der Waals surface area contributed by atoms with E-state index in [4.69, 9.17) is 4.74 Å². The van der Waals surface area contributed by atoms with Crippen molar-refractivity contribution in [3.63, 3.8) is 0 Å². The maximum absolute atomic E-state index is 13.7. The first-order valence-electron chi connectivity index (χ1n) is 12.3. The third kappa shape index (κ3) is 5.57. The zero-order chi connectivity index (χ0) is 27.7. The summed E-state index contributed by atoms with van der Waals surface area (Å²) in [7, 11) is -0.427. The number of anilines is 3. The first-order chi connectivity index (χ1) is 18.6. The van der Waals surface area contributed by atoms with Crippen LogP contribution in [0.15, 0.2) is 64.4 Å². The SMILES string of the molecule is CN(C)c1ccc(C(=O)Nc2n[nH]c3ccc(S(=O)(=O)c4cc(F)cc(F)c4)cc23)c(NC2CCOCC2)c1. The number of nitrogens with zero attached hydrogens (tertiary/aromatic N) is 2. The smallest absolute Gasteiger partial charge is 0.258 e. The van der Waals surface area contributed by atoms with Gasteiger partial charge in [-0.05, 0) is 61.4 Å². The van der Waals surface area contributed by atoms with Gasteiger partial charge in [0.05, 0.1) is 20.9 Å². The Kier molecular flexibility index (Phi) is 7.23. The summed E-state index contributed by atoms with van der Waals surface area (Å²) >= 11 is 0. The summed E-state index contributed by atoms with van der Waals surface area (Å²) in [5, 5.41) is 13.5.